The van der Waals surface area contributed by atoms with Crippen molar-refractivity contribution >= 4 is 11.9 Å². The Balaban J connectivity index is 1.59. The second kappa shape index (κ2) is 24.3. The van der Waals surface area contributed by atoms with Gasteiger partial charge in [-0.1, -0.05) is 115 Å². The molecular weight excluding hydrogens is 584 g/mol. The Morgan fingerprint density at radius 3 is 2.04 bits per heavy atom. The first kappa shape index (κ1) is 40.4. The van der Waals surface area contributed by atoms with Crippen molar-refractivity contribution < 1.29 is 23.5 Å². The molecule has 0 fully saturated rings. The third-order valence-electron chi connectivity index (χ3n) is 9.16. The van der Waals surface area contributed by atoms with Crippen LogP contribution in [0.15, 0.2) is 69.5 Å². The van der Waals surface area contributed by atoms with Crippen molar-refractivity contribution in [2.75, 3.05) is 0 Å². The average Bonchev–Trinajstić information content (AvgIpc) is 3.63. The lowest BCUT2D eigenvalue weighted by atomic mass is 9.99. The van der Waals surface area contributed by atoms with Crippen LogP contribution in [0.5, 0.6) is 0 Å². The summed E-state index contributed by atoms with van der Waals surface area (Å²) in [6.07, 6.45) is 32.9. The van der Waals surface area contributed by atoms with Crippen LogP contribution in [0.2, 0.25) is 0 Å². The lowest BCUT2D eigenvalue weighted by Gasteiger charge is -2.11. The van der Waals surface area contributed by atoms with Crippen LogP contribution in [0, 0.1) is 11.8 Å². The Morgan fingerprint density at radius 2 is 1.40 bits per heavy atom. The molecule has 0 saturated carbocycles. The summed E-state index contributed by atoms with van der Waals surface area (Å²) >= 11 is 0. The molecule has 2 rings (SSSR count). The molecule has 0 spiro atoms. The van der Waals surface area contributed by atoms with E-state index in [0.29, 0.717) is 23.5 Å². The summed E-state index contributed by atoms with van der Waals surface area (Å²) in [5.74, 6) is 1.04. The molecule has 1 aromatic heterocycles. The van der Waals surface area contributed by atoms with Gasteiger partial charge in [0, 0.05) is 6.42 Å². The highest BCUT2D eigenvalue weighted by Crippen LogP contribution is 2.30. The van der Waals surface area contributed by atoms with Crippen LogP contribution in [-0.4, -0.2) is 11.9 Å². The Bertz CT molecular complexity index is 1150. The van der Waals surface area contributed by atoms with Crippen molar-refractivity contribution in [3.8, 4) is 0 Å². The minimum atomic E-state index is -0.425. The Morgan fingerprint density at radius 1 is 0.787 bits per heavy atom. The lowest BCUT2D eigenvalue weighted by molar-refractivity contribution is -0.140. The molecule has 1 aromatic rings. The van der Waals surface area contributed by atoms with Crippen molar-refractivity contribution in [3.63, 3.8) is 0 Å². The topological polar surface area (TPSA) is 65.7 Å². The van der Waals surface area contributed by atoms with Gasteiger partial charge < -0.3 is 13.9 Å². The highest BCUT2D eigenvalue weighted by Gasteiger charge is 2.30. The first-order valence-corrected chi connectivity index (χ1v) is 18.8. The van der Waals surface area contributed by atoms with E-state index in [1.165, 1.54) is 74.5 Å². The van der Waals surface area contributed by atoms with E-state index in [0.717, 1.165) is 70.1 Å². The molecule has 1 aliphatic rings. The highest BCUT2D eigenvalue weighted by atomic mass is 16.6. The van der Waals surface area contributed by atoms with Gasteiger partial charge in [0.1, 0.15) is 0 Å². The molecule has 2 heterocycles. The number of hydrogen-bond donors (Lipinski definition) is 0. The minimum Gasteiger partial charge on any atom is -0.472 e. The van der Waals surface area contributed by atoms with Gasteiger partial charge in [-0.05, 0) is 102 Å². The number of ether oxygens (including phenoxy) is 2. The second-order valence-corrected chi connectivity index (χ2v) is 14.3. The van der Waals surface area contributed by atoms with Crippen molar-refractivity contribution in [1.82, 2.24) is 0 Å². The fourth-order valence-corrected chi connectivity index (χ4v) is 6.03. The van der Waals surface area contributed by atoms with E-state index < -0.39 is 5.97 Å². The van der Waals surface area contributed by atoms with Gasteiger partial charge in [0.15, 0.2) is 11.5 Å². The van der Waals surface area contributed by atoms with Crippen molar-refractivity contribution in [2.24, 2.45) is 11.8 Å². The second-order valence-electron chi connectivity index (χ2n) is 14.3. The molecule has 0 unspecified atom stereocenters. The lowest BCUT2D eigenvalue weighted by Crippen LogP contribution is -2.06. The van der Waals surface area contributed by atoms with E-state index in [1.54, 1.807) is 13.2 Å². The number of furan rings is 1. The molecule has 1 aliphatic heterocycles. The van der Waals surface area contributed by atoms with Gasteiger partial charge in [-0.25, -0.2) is 4.79 Å². The van der Waals surface area contributed by atoms with Crippen LogP contribution in [0.3, 0.4) is 0 Å². The predicted molar refractivity (Wildman–Crippen MR) is 195 cm³/mol. The summed E-state index contributed by atoms with van der Waals surface area (Å²) in [6, 6.07) is 2.03. The molecule has 0 amide bonds. The van der Waals surface area contributed by atoms with Crippen LogP contribution < -0.4 is 0 Å². The molecule has 0 aromatic carbocycles. The Kier molecular flexibility index (Phi) is 20.9. The van der Waals surface area contributed by atoms with E-state index in [4.69, 9.17) is 13.9 Å². The number of carbonyl (C=O) groups excluding carboxylic acids is 2. The van der Waals surface area contributed by atoms with E-state index in [9.17, 15) is 9.59 Å². The summed E-state index contributed by atoms with van der Waals surface area (Å²) in [7, 11) is 0. The van der Waals surface area contributed by atoms with Gasteiger partial charge in [-0.2, -0.15) is 0 Å². The van der Waals surface area contributed by atoms with E-state index in [-0.39, 0.29) is 11.9 Å². The monoisotopic (exact) mass is 650 g/mol. The molecule has 264 valence electrons. The summed E-state index contributed by atoms with van der Waals surface area (Å²) < 4.78 is 16.3. The van der Waals surface area contributed by atoms with E-state index in [2.05, 4.69) is 46.8 Å². The van der Waals surface area contributed by atoms with E-state index in [1.807, 2.05) is 18.4 Å². The third-order valence-corrected chi connectivity index (χ3v) is 9.16. The third kappa shape index (κ3) is 18.9. The number of carbonyl (C=O) groups is 2. The molecule has 0 saturated heterocycles. The Labute approximate surface area is 287 Å². The summed E-state index contributed by atoms with van der Waals surface area (Å²) in [6.45, 7) is 12.8. The zero-order valence-corrected chi connectivity index (χ0v) is 30.8. The molecule has 5 nitrogen and oxygen atoms in total. The molecule has 47 heavy (non-hydrogen) atoms. The predicted octanol–water partition coefficient (Wildman–Crippen LogP) is 12.7. The standard InChI is InChI=1S/C42H66O5/c1-33(2)21-16-14-12-10-8-7-9-11-13-15-17-28-40(43)47-41-37(6)42(44)46-39(41)31-36(5)26-19-24-34(3)22-18-23-35(4)25-20-27-38-29-30-45-32-38/h22,25,29-33,36H,7-21,23-24,26-28H2,1-6H3/b34-22+,35-25+,39-31-/t36-/m0/s1. The quantitative estimate of drug-likeness (QED) is 0.0567. The molecule has 1 atom stereocenters. The summed E-state index contributed by atoms with van der Waals surface area (Å²) in [5.41, 5.74) is 4.47. The largest absolute Gasteiger partial charge is 0.472 e. The number of esters is 2. The number of hydrogen-bond acceptors (Lipinski definition) is 5. The first-order chi connectivity index (χ1) is 22.7. The molecular formula is C42H66O5. The van der Waals surface area contributed by atoms with Gasteiger partial charge in [-0.3, -0.25) is 4.79 Å². The smallest absolute Gasteiger partial charge is 0.343 e. The Hall–Kier alpha value is -2.82. The molecule has 0 bridgehead atoms. The zero-order valence-electron chi connectivity index (χ0n) is 30.8. The summed E-state index contributed by atoms with van der Waals surface area (Å²) in [5, 5.41) is 0. The maximum Gasteiger partial charge on any atom is 0.343 e. The SMILES string of the molecule is CC1=C(OC(=O)CCCCCCCCCCCCCC(C)C)/C(=C/[C@@H](C)CCC/C(C)=C/CC/C(C)=C/CCc2ccoc2)OC1=O. The van der Waals surface area contributed by atoms with Crippen molar-refractivity contribution in [1.29, 1.82) is 0 Å². The number of rotatable bonds is 26. The maximum atomic E-state index is 12.6. The van der Waals surface area contributed by atoms with Crippen LogP contribution in [0.25, 0.3) is 0 Å². The van der Waals surface area contributed by atoms with E-state index >= 15 is 0 Å². The molecule has 5 heteroatoms. The van der Waals surface area contributed by atoms with Gasteiger partial charge in [0.25, 0.3) is 0 Å². The van der Waals surface area contributed by atoms with Gasteiger partial charge in [0.2, 0.25) is 0 Å². The average molecular weight is 651 g/mol. The van der Waals surface area contributed by atoms with Gasteiger partial charge in [-0.15, -0.1) is 0 Å². The molecule has 0 radical (unpaired) electrons. The fraction of sp³-hybridized carbons (Fsp3) is 0.667. The normalized spacial score (nSPS) is 15.6. The van der Waals surface area contributed by atoms with Crippen molar-refractivity contribution in [2.45, 2.75) is 170 Å². The number of aryl methyl sites for hydroxylation is 1. The van der Waals surface area contributed by atoms with Crippen LogP contribution in [0.4, 0.5) is 0 Å². The molecule has 0 N–H and O–H groups in total. The number of allylic oxidation sites excluding steroid dienone is 5. The number of cyclic esters (lactones) is 1. The minimum absolute atomic E-state index is 0.204. The number of unbranched alkanes of at least 4 members (excludes halogenated alkanes) is 10. The van der Waals surface area contributed by atoms with Crippen LogP contribution in [-0.2, 0) is 25.5 Å². The highest BCUT2D eigenvalue weighted by molar-refractivity contribution is 5.94. The molecule has 0 aliphatic carbocycles. The van der Waals surface area contributed by atoms with Crippen LogP contribution >= 0.6 is 0 Å². The summed E-state index contributed by atoms with van der Waals surface area (Å²) in [4.78, 5) is 24.9. The fourth-order valence-electron chi connectivity index (χ4n) is 6.03. The van der Waals surface area contributed by atoms with Gasteiger partial charge >= 0.3 is 11.9 Å². The first-order valence-electron chi connectivity index (χ1n) is 18.8. The van der Waals surface area contributed by atoms with Crippen LogP contribution in [0.1, 0.15) is 169 Å². The maximum absolute atomic E-state index is 12.6. The zero-order chi connectivity index (χ0) is 34.3. The van der Waals surface area contributed by atoms with Gasteiger partial charge in [0.05, 0.1) is 18.1 Å². The van der Waals surface area contributed by atoms with Crippen molar-refractivity contribution in [3.05, 3.63) is 70.6 Å².